The molecule has 0 bridgehead atoms. The number of nitrogens with one attached hydrogen (secondary N) is 2. The van der Waals surface area contributed by atoms with Gasteiger partial charge in [-0.3, -0.25) is 4.79 Å². The molecule has 0 aliphatic rings. The van der Waals surface area contributed by atoms with Crippen LogP contribution in [0.2, 0.25) is 0 Å². The minimum Gasteiger partial charge on any atom is -0.358 e. The highest BCUT2D eigenvalue weighted by Crippen LogP contribution is 2.19. The minimum atomic E-state index is -0.217. The zero-order valence-electron chi connectivity index (χ0n) is 12.1. The summed E-state index contributed by atoms with van der Waals surface area (Å²) in [5.41, 5.74) is 0.0662. The van der Waals surface area contributed by atoms with E-state index in [1.165, 1.54) is 11.8 Å². The summed E-state index contributed by atoms with van der Waals surface area (Å²) in [6, 6.07) is 0. The molecule has 0 saturated heterocycles. The Bertz CT molecular complexity index is 414. The lowest BCUT2D eigenvalue weighted by Gasteiger charge is -2.20. The first-order chi connectivity index (χ1) is 8.83. The topological polar surface area (TPSA) is 84.7 Å². The zero-order chi connectivity index (χ0) is 14.5. The lowest BCUT2D eigenvalue weighted by atomic mass is 10.1. The molecule has 1 unspecified atom stereocenters. The summed E-state index contributed by atoms with van der Waals surface area (Å²) in [5.74, 6) is -0.0348. The first-order valence-corrected chi connectivity index (χ1v) is 7.11. The van der Waals surface area contributed by atoms with E-state index in [2.05, 4.69) is 46.9 Å². The Morgan fingerprint density at radius 2 is 2.16 bits per heavy atom. The predicted octanol–water partition coefficient (Wildman–Crippen LogP) is 0.288. The Morgan fingerprint density at radius 3 is 2.74 bits per heavy atom. The van der Waals surface area contributed by atoms with Crippen molar-refractivity contribution < 1.29 is 4.79 Å². The third-order valence-corrected chi connectivity index (χ3v) is 3.45. The molecule has 1 amide bonds. The van der Waals surface area contributed by atoms with E-state index in [0.717, 1.165) is 6.54 Å². The van der Waals surface area contributed by atoms with Crippen LogP contribution in [0.5, 0.6) is 0 Å². The van der Waals surface area contributed by atoms with Gasteiger partial charge in [0.1, 0.15) is 0 Å². The highest BCUT2D eigenvalue weighted by Gasteiger charge is 2.17. The predicted molar refractivity (Wildman–Crippen MR) is 75.0 cm³/mol. The van der Waals surface area contributed by atoms with Crippen molar-refractivity contribution in [2.24, 2.45) is 0 Å². The Labute approximate surface area is 117 Å². The van der Waals surface area contributed by atoms with E-state index in [1.807, 2.05) is 6.92 Å². The van der Waals surface area contributed by atoms with Crippen LogP contribution in [-0.4, -0.2) is 50.5 Å². The van der Waals surface area contributed by atoms with Crippen LogP contribution in [0.15, 0.2) is 5.16 Å². The molecule has 0 fully saturated rings. The summed E-state index contributed by atoms with van der Waals surface area (Å²) in [5, 5.41) is 18.0. The normalized spacial score (nSPS) is 13.3. The van der Waals surface area contributed by atoms with Crippen molar-refractivity contribution >= 4 is 17.7 Å². The summed E-state index contributed by atoms with van der Waals surface area (Å²) in [6.45, 7) is 9.60. The second-order valence-corrected chi connectivity index (χ2v) is 6.54. The molecule has 7 nitrogen and oxygen atoms in total. The number of thioether (sulfide) groups is 1. The number of aromatic nitrogens is 4. The van der Waals surface area contributed by atoms with E-state index < -0.39 is 0 Å². The largest absolute Gasteiger partial charge is 0.358 e. The quantitative estimate of drug-likeness (QED) is 0.731. The molecule has 1 heterocycles. The van der Waals surface area contributed by atoms with Crippen molar-refractivity contribution in [2.75, 3.05) is 13.6 Å². The lowest BCUT2D eigenvalue weighted by Crippen LogP contribution is -2.38. The fourth-order valence-corrected chi connectivity index (χ4v) is 2.25. The molecule has 1 aromatic rings. The maximum Gasteiger partial charge on any atom is 0.233 e. The molecular formula is C11H22N6OS. The van der Waals surface area contributed by atoms with Crippen LogP contribution in [0.25, 0.3) is 0 Å². The van der Waals surface area contributed by atoms with Crippen LogP contribution < -0.4 is 10.6 Å². The smallest absolute Gasteiger partial charge is 0.233 e. The number of carbonyl (C=O) groups excluding carboxylic acids is 1. The van der Waals surface area contributed by atoms with Gasteiger partial charge in [0.05, 0.1) is 11.8 Å². The van der Waals surface area contributed by atoms with Gasteiger partial charge in [0.2, 0.25) is 11.1 Å². The molecule has 0 aliphatic heterocycles. The van der Waals surface area contributed by atoms with Crippen molar-refractivity contribution in [3.8, 4) is 0 Å². The molecule has 1 atom stereocenters. The monoisotopic (exact) mass is 286 g/mol. The van der Waals surface area contributed by atoms with Crippen molar-refractivity contribution in [3.05, 3.63) is 0 Å². The van der Waals surface area contributed by atoms with Gasteiger partial charge in [0.15, 0.2) is 0 Å². The average Bonchev–Trinajstić information content (AvgIpc) is 2.74. The van der Waals surface area contributed by atoms with Gasteiger partial charge in [0, 0.05) is 19.1 Å². The second kappa shape index (κ2) is 6.85. The highest BCUT2D eigenvalue weighted by molar-refractivity contribution is 8.00. The van der Waals surface area contributed by atoms with Crippen LogP contribution in [0.1, 0.15) is 27.7 Å². The van der Waals surface area contributed by atoms with Crippen molar-refractivity contribution in [3.63, 3.8) is 0 Å². The lowest BCUT2D eigenvalue weighted by molar-refractivity contribution is -0.119. The maximum atomic E-state index is 11.5. The van der Waals surface area contributed by atoms with Crippen LogP contribution in [0, 0.1) is 0 Å². The van der Waals surface area contributed by atoms with Crippen molar-refractivity contribution in [1.82, 2.24) is 30.8 Å². The SMILES string of the molecule is CNC(=O)C(C)Sc1nnnn1CCNC(C)(C)C. The van der Waals surface area contributed by atoms with Gasteiger partial charge < -0.3 is 10.6 Å². The van der Waals surface area contributed by atoms with Crippen LogP contribution in [0.4, 0.5) is 0 Å². The highest BCUT2D eigenvalue weighted by atomic mass is 32.2. The van der Waals surface area contributed by atoms with Gasteiger partial charge in [-0.1, -0.05) is 11.8 Å². The molecule has 0 radical (unpaired) electrons. The summed E-state index contributed by atoms with van der Waals surface area (Å²) < 4.78 is 1.71. The summed E-state index contributed by atoms with van der Waals surface area (Å²) >= 11 is 1.35. The Morgan fingerprint density at radius 1 is 1.47 bits per heavy atom. The Balaban J connectivity index is 2.53. The number of nitrogens with zero attached hydrogens (tertiary/aromatic N) is 4. The fourth-order valence-electron chi connectivity index (χ4n) is 1.37. The van der Waals surface area contributed by atoms with Gasteiger partial charge in [-0.15, -0.1) is 5.10 Å². The molecule has 8 heteroatoms. The first kappa shape index (κ1) is 15.9. The molecule has 0 aromatic carbocycles. The average molecular weight is 286 g/mol. The van der Waals surface area contributed by atoms with Gasteiger partial charge in [0.25, 0.3) is 0 Å². The number of tetrazole rings is 1. The van der Waals surface area contributed by atoms with Crippen molar-refractivity contribution in [2.45, 2.75) is 50.2 Å². The summed E-state index contributed by atoms with van der Waals surface area (Å²) in [4.78, 5) is 11.5. The van der Waals surface area contributed by atoms with Crippen LogP contribution in [-0.2, 0) is 11.3 Å². The Hall–Kier alpha value is -1.15. The maximum absolute atomic E-state index is 11.5. The van der Waals surface area contributed by atoms with Gasteiger partial charge in [-0.2, -0.15) is 0 Å². The van der Waals surface area contributed by atoms with E-state index >= 15 is 0 Å². The van der Waals surface area contributed by atoms with Gasteiger partial charge >= 0.3 is 0 Å². The van der Waals surface area contributed by atoms with E-state index in [1.54, 1.807) is 11.7 Å². The standard InChI is InChI=1S/C11H22N6OS/c1-8(9(18)12-5)19-10-14-15-16-17(10)7-6-13-11(2,3)4/h8,13H,6-7H2,1-5H3,(H,12,18). The molecular weight excluding hydrogens is 264 g/mol. The molecule has 1 aromatic heterocycles. The zero-order valence-corrected chi connectivity index (χ0v) is 12.9. The minimum absolute atomic E-state index is 0.0348. The molecule has 108 valence electrons. The second-order valence-electron chi connectivity index (χ2n) is 5.24. The number of hydrogen-bond acceptors (Lipinski definition) is 6. The Kier molecular flexibility index (Phi) is 5.74. The van der Waals surface area contributed by atoms with E-state index in [9.17, 15) is 4.79 Å². The fraction of sp³-hybridized carbons (Fsp3) is 0.818. The van der Waals surface area contributed by atoms with Crippen molar-refractivity contribution in [1.29, 1.82) is 0 Å². The van der Waals surface area contributed by atoms with E-state index in [4.69, 9.17) is 0 Å². The van der Waals surface area contributed by atoms with Gasteiger partial charge in [-0.05, 0) is 38.1 Å². The third kappa shape index (κ3) is 5.56. The molecule has 19 heavy (non-hydrogen) atoms. The molecule has 0 saturated carbocycles. The van der Waals surface area contributed by atoms with Gasteiger partial charge in [-0.25, -0.2) is 4.68 Å². The number of hydrogen-bond donors (Lipinski definition) is 2. The van der Waals surface area contributed by atoms with Crippen LogP contribution in [0.3, 0.4) is 0 Å². The summed E-state index contributed by atoms with van der Waals surface area (Å²) in [7, 11) is 1.62. The summed E-state index contributed by atoms with van der Waals surface area (Å²) in [6.07, 6.45) is 0. The molecule has 1 rings (SSSR count). The molecule has 0 aliphatic carbocycles. The van der Waals surface area contributed by atoms with Crippen LogP contribution >= 0.6 is 11.8 Å². The first-order valence-electron chi connectivity index (χ1n) is 6.23. The number of amides is 1. The van der Waals surface area contributed by atoms with E-state index in [-0.39, 0.29) is 16.7 Å². The molecule has 2 N–H and O–H groups in total. The number of carbonyl (C=O) groups is 1. The third-order valence-electron chi connectivity index (χ3n) is 2.38. The molecule has 0 spiro atoms. The van der Waals surface area contributed by atoms with E-state index in [0.29, 0.717) is 11.7 Å². The number of rotatable bonds is 6.